The highest BCUT2D eigenvalue weighted by atomic mass is 16.5. The van der Waals surface area contributed by atoms with Crippen LogP contribution >= 0.6 is 0 Å². The summed E-state index contributed by atoms with van der Waals surface area (Å²) < 4.78 is 5.35. The van der Waals surface area contributed by atoms with Gasteiger partial charge in [-0.05, 0) is 50.6 Å². The largest absolute Gasteiger partial charge is 0.494 e. The van der Waals surface area contributed by atoms with Gasteiger partial charge in [0.05, 0.1) is 12.3 Å². The summed E-state index contributed by atoms with van der Waals surface area (Å²) in [7, 11) is 0. The summed E-state index contributed by atoms with van der Waals surface area (Å²) in [6.45, 7) is 6.33. The Labute approximate surface area is 159 Å². The number of carbonyl (C=O) groups excluding carboxylic acids is 2. The van der Waals surface area contributed by atoms with Crippen molar-refractivity contribution < 1.29 is 14.3 Å². The molecule has 0 aliphatic carbocycles. The molecule has 0 saturated heterocycles. The highest BCUT2D eigenvalue weighted by Crippen LogP contribution is 2.15. The Hall–Kier alpha value is -3.15. The van der Waals surface area contributed by atoms with E-state index in [1.54, 1.807) is 24.3 Å². The number of hydrogen-bond acceptors (Lipinski definition) is 4. The maximum Gasteiger partial charge on any atom is 0.240 e. The monoisotopic (exact) mass is 367 g/mol. The Balaban J connectivity index is 1.76. The average Bonchev–Trinajstić information content (AvgIpc) is 2.67. The van der Waals surface area contributed by atoms with Crippen LogP contribution in [-0.2, 0) is 9.59 Å². The maximum absolute atomic E-state index is 12.0. The van der Waals surface area contributed by atoms with Crippen LogP contribution in [0.25, 0.3) is 0 Å². The van der Waals surface area contributed by atoms with Gasteiger partial charge in [-0.15, -0.1) is 0 Å². The second-order valence-corrected chi connectivity index (χ2v) is 6.10. The number of aryl methyl sites for hydroxylation is 1. The van der Waals surface area contributed by atoms with E-state index in [1.165, 1.54) is 0 Å². The van der Waals surface area contributed by atoms with Gasteiger partial charge in [0.25, 0.3) is 0 Å². The first-order valence-electron chi connectivity index (χ1n) is 8.91. The first-order valence-corrected chi connectivity index (χ1v) is 8.91. The third kappa shape index (κ3) is 6.93. The van der Waals surface area contributed by atoms with Crippen LogP contribution in [0, 0.1) is 6.92 Å². The second-order valence-electron chi connectivity index (χ2n) is 6.10. The fraction of sp³-hybridized carbons (Fsp3) is 0.286. The molecular weight excluding hydrogens is 342 g/mol. The number of nitrogens with one attached hydrogen (secondary N) is 2. The zero-order chi connectivity index (χ0) is 19.6. The molecule has 0 atom stereocenters. The van der Waals surface area contributed by atoms with Crippen molar-refractivity contribution in [1.82, 2.24) is 5.43 Å². The molecule has 0 unspecified atom stereocenters. The number of nitrogens with zero attached hydrogens (tertiary/aromatic N) is 1. The summed E-state index contributed by atoms with van der Waals surface area (Å²) in [5.74, 6) is 0.216. The van der Waals surface area contributed by atoms with Crippen molar-refractivity contribution in [2.45, 2.75) is 33.6 Å². The minimum absolute atomic E-state index is 0.0630. The molecule has 27 heavy (non-hydrogen) atoms. The summed E-state index contributed by atoms with van der Waals surface area (Å²) in [6.07, 6.45) is 0.145. The van der Waals surface area contributed by atoms with Crippen molar-refractivity contribution in [3.8, 4) is 5.75 Å². The predicted molar refractivity (Wildman–Crippen MR) is 107 cm³/mol. The van der Waals surface area contributed by atoms with Crippen molar-refractivity contribution in [1.29, 1.82) is 0 Å². The molecule has 2 rings (SSSR count). The Bertz CT molecular complexity index is 796. The number of anilines is 1. The third-order valence-corrected chi connectivity index (χ3v) is 3.85. The summed E-state index contributed by atoms with van der Waals surface area (Å²) in [4.78, 5) is 23.9. The van der Waals surface area contributed by atoms with Crippen molar-refractivity contribution in [2.24, 2.45) is 5.10 Å². The van der Waals surface area contributed by atoms with Crippen molar-refractivity contribution in [2.75, 3.05) is 11.9 Å². The average molecular weight is 367 g/mol. The number of amides is 2. The summed E-state index contributed by atoms with van der Waals surface area (Å²) in [5, 5.41) is 6.84. The van der Waals surface area contributed by atoms with Crippen molar-refractivity contribution >= 4 is 23.2 Å². The fourth-order valence-corrected chi connectivity index (χ4v) is 2.31. The minimum Gasteiger partial charge on any atom is -0.494 e. The summed E-state index contributed by atoms with van der Waals surface area (Å²) in [6, 6.07) is 15.0. The first-order chi connectivity index (χ1) is 13.0. The van der Waals surface area contributed by atoms with E-state index in [9.17, 15) is 9.59 Å². The molecule has 0 radical (unpaired) electrons. The van der Waals surface area contributed by atoms with Gasteiger partial charge in [-0.3, -0.25) is 9.59 Å². The zero-order valence-electron chi connectivity index (χ0n) is 15.9. The van der Waals surface area contributed by atoms with E-state index >= 15 is 0 Å². The maximum atomic E-state index is 12.0. The van der Waals surface area contributed by atoms with Gasteiger partial charge in [0.2, 0.25) is 11.8 Å². The van der Waals surface area contributed by atoms with Gasteiger partial charge < -0.3 is 10.1 Å². The van der Waals surface area contributed by atoms with Gasteiger partial charge in [-0.25, -0.2) is 5.43 Å². The lowest BCUT2D eigenvalue weighted by Crippen LogP contribution is -2.21. The quantitative estimate of drug-likeness (QED) is 0.552. The van der Waals surface area contributed by atoms with Crippen LogP contribution in [0.5, 0.6) is 5.75 Å². The lowest BCUT2D eigenvalue weighted by atomic mass is 10.1. The Morgan fingerprint density at radius 1 is 0.963 bits per heavy atom. The van der Waals surface area contributed by atoms with Gasteiger partial charge in [-0.2, -0.15) is 5.10 Å². The smallest absolute Gasteiger partial charge is 0.240 e. The van der Waals surface area contributed by atoms with Crippen LogP contribution in [0.1, 0.15) is 37.8 Å². The first kappa shape index (κ1) is 20.2. The number of rotatable bonds is 8. The highest BCUT2D eigenvalue weighted by Gasteiger charge is 2.07. The van der Waals surface area contributed by atoms with Gasteiger partial charge in [0.1, 0.15) is 5.75 Å². The number of hydrogen-bond donors (Lipinski definition) is 2. The molecule has 0 fully saturated rings. The normalized spacial score (nSPS) is 11.0. The molecule has 0 aliphatic rings. The van der Waals surface area contributed by atoms with Crippen LogP contribution in [0.4, 0.5) is 5.69 Å². The zero-order valence-corrected chi connectivity index (χ0v) is 15.9. The molecule has 0 aliphatic heterocycles. The molecule has 2 aromatic carbocycles. The Morgan fingerprint density at radius 3 is 2.22 bits per heavy atom. The van der Waals surface area contributed by atoms with Gasteiger partial charge >= 0.3 is 0 Å². The Kier molecular flexibility index (Phi) is 7.55. The number of hydrazone groups is 1. The van der Waals surface area contributed by atoms with Gasteiger partial charge in [0, 0.05) is 18.5 Å². The SMILES string of the molecule is CCOc1ccc(NC(=O)CCC(=O)N/N=C(\C)c2ccc(C)cc2)cc1. The fourth-order valence-electron chi connectivity index (χ4n) is 2.31. The third-order valence-electron chi connectivity index (χ3n) is 3.85. The molecule has 0 saturated carbocycles. The van der Waals surface area contributed by atoms with Gasteiger partial charge in [-0.1, -0.05) is 29.8 Å². The van der Waals surface area contributed by atoms with Crippen LogP contribution in [0.3, 0.4) is 0 Å². The lowest BCUT2D eigenvalue weighted by molar-refractivity contribution is -0.124. The molecule has 0 aromatic heterocycles. The Morgan fingerprint density at radius 2 is 1.59 bits per heavy atom. The van der Waals surface area contributed by atoms with Crippen LogP contribution in [-0.4, -0.2) is 24.1 Å². The number of ether oxygens (including phenoxy) is 1. The van der Waals surface area contributed by atoms with Gasteiger partial charge in [0.15, 0.2) is 0 Å². The molecule has 6 nitrogen and oxygen atoms in total. The van der Waals surface area contributed by atoms with Crippen molar-refractivity contribution in [3.05, 3.63) is 59.7 Å². The second kappa shape index (κ2) is 10.1. The van der Waals surface area contributed by atoms with Crippen LogP contribution < -0.4 is 15.5 Å². The molecule has 142 valence electrons. The van der Waals surface area contributed by atoms with E-state index < -0.39 is 0 Å². The highest BCUT2D eigenvalue weighted by molar-refractivity contribution is 5.99. The van der Waals surface area contributed by atoms with E-state index in [4.69, 9.17) is 4.74 Å². The number of carbonyl (C=O) groups is 2. The minimum atomic E-state index is -0.302. The number of benzene rings is 2. The summed E-state index contributed by atoms with van der Waals surface area (Å²) in [5.41, 5.74) is 5.96. The van der Waals surface area contributed by atoms with E-state index in [2.05, 4.69) is 15.8 Å². The van der Waals surface area contributed by atoms with Crippen LogP contribution in [0.15, 0.2) is 53.6 Å². The molecule has 0 bridgehead atoms. The standard InChI is InChI=1S/C21H25N3O3/c1-4-27-19-11-9-18(10-12-19)22-20(25)13-14-21(26)24-23-16(3)17-7-5-15(2)6-8-17/h5-12H,4,13-14H2,1-3H3,(H,22,25)(H,24,26)/b23-16+. The molecule has 6 heteroatoms. The molecule has 0 heterocycles. The van der Waals surface area contributed by atoms with E-state index in [1.807, 2.05) is 45.0 Å². The predicted octanol–water partition coefficient (Wildman–Crippen LogP) is 3.65. The van der Waals surface area contributed by atoms with E-state index in [0.29, 0.717) is 18.0 Å². The molecule has 0 spiro atoms. The summed E-state index contributed by atoms with van der Waals surface area (Å²) >= 11 is 0. The molecule has 2 aromatic rings. The molecule has 2 N–H and O–H groups in total. The van der Waals surface area contributed by atoms with E-state index in [-0.39, 0.29) is 24.7 Å². The van der Waals surface area contributed by atoms with Crippen LogP contribution in [0.2, 0.25) is 0 Å². The topological polar surface area (TPSA) is 79.8 Å². The lowest BCUT2D eigenvalue weighted by Gasteiger charge is -2.07. The van der Waals surface area contributed by atoms with E-state index in [0.717, 1.165) is 16.9 Å². The molecule has 2 amide bonds. The molecular formula is C21H25N3O3. The van der Waals surface area contributed by atoms with Crippen molar-refractivity contribution in [3.63, 3.8) is 0 Å².